The van der Waals surface area contributed by atoms with Crippen molar-refractivity contribution in [2.75, 3.05) is 5.73 Å². The molecule has 0 unspecified atom stereocenters. The van der Waals surface area contributed by atoms with Crippen molar-refractivity contribution in [3.63, 3.8) is 0 Å². The van der Waals surface area contributed by atoms with Gasteiger partial charge in [-0.1, -0.05) is 24.3 Å². The number of carbonyl (C=O) groups excluding carboxylic acids is 1. The number of hydrogen-bond donors (Lipinski definition) is 1. The van der Waals surface area contributed by atoms with Gasteiger partial charge in [0.25, 0.3) is 0 Å². The molecule has 0 bridgehead atoms. The fraction of sp³-hybridized carbons (Fsp3) is 0.118. The summed E-state index contributed by atoms with van der Waals surface area (Å²) < 4.78 is 6.58. The summed E-state index contributed by atoms with van der Waals surface area (Å²) in [7, 11) is 0. The van der Waals surface area contributed by atoms with Crippen molar-refractivity contribution < 1.29 is 9.53 Å². The van der Waals surface area contributed by atoms with Crippen LogP contribution in [-0.4, -0.2) is 5.97 Å². The Hall–Kier alpha value is -2.33. The van der Waals surface area contributed by atoms with Crippen LogP contribution in [0.3, 0.4) is 0 Å². The topological polar surface area (TPSA) is 52.3 Å². The summed E-state index contributed by atoms with van der Waals surface area (Å²) in [5, 5.41) is 3.17. The SMILES string of the molecule is Cc1ccc(C(=O)OCc2csc3ccccc23)cc1N. The van der Waals surface area contributed by atoms with Gasteiger partial charge in [-0.25, -0.2) is 4.79 Å². The zero-order valence-corrected chi connectivity index (χ0v) is 12.4. The third kappa shape index (κ3) is 2.76. The number of anilines is 1. The van der Waals surface area contributed by atoms with Gasteiger partial charge in [0, 0.05) is 16.0 Å². The van der Waals surface area contributed by atoms with Crippen molar-refractivity contribution in [3.05, 3.63) is 64.5 Å². The zero-order valence-electron chi connectivity index (χ0n) is 11.6. The minimum absolute atomic E-state index is 0.274. The van der Waals surface area contributed by atoms with E-state index in [9.17, 15) is 4.79 Å². The van der Waals surface area contributed by atoms with Gasteiger partial charge in [-0.2, -0.15) is 0 Å². The van der Waals surface area contributed by atoms with E-state index in [1.807, 2.05) is 36.6 Å². The van der Waals surface area contributed by atoms with E-state index >= 15 is 0 Å². The van der Waals surface area contributed by atoms with E-state index in [1.54, 1.807) is 23.5 Å². The van der Waals surface area contributed by atoms with Crippen LogP contribution >= 0.6 is 11.3 Å². The summed E-state index contributed by atoms with van der Waals surface area (Å²) in [5.74, 6) is -0.350. The molecule has 0 aliphatic rings. The van der Waals surface area contributed by atoms with Crippen molar-refractivity contribution in [1.29, 1.82) is 0 Å². The van der Waals surface area contributed by atoms with Crippen LogP contribution in [0.2, 0.25) is 0 Å². The van der Waals surface area contributed by atoms with Crippen molar-refractivity contribution in [3.8, 4) is 0 Å². The Morgan fingerprint density at radius 2 is 2.05 bits per heavy atom. The smallest absolute Gasteiger partial charge is 0.338 e. The van der Waals surface area contributed by atoms with Crippen LogP contribution in [0.4, 0.5) is 5.69 Å². The number of nitrogen functional groups attached to an aromatic ring is 1. The molecule has 1 heterocycles. The molecule has 0 fully saturated rings. The standard InChI is InChI=1S/C17H15NO2S/c1-11-6-7-12(8-15(11)18)17(19)20-9-13-10-21-16-5-3-2-4-14(13)16/h2-8,10H,9,18H2,1H3. The predicted molar refractivity (Wildman–Crippen MR) is 86.5 cm³/mol. The summed E-state index contributed by atoms with van der Waals surface area (Å²) >= 11 is 1.65. The van der Waals surface area contributed by atoms with Gasteiger partial charge in [0.05, 0.1) is 5.56 Å². The molecule has 3 nitrogen and oxygen atoms in total. The number of carbonyl (C=O) groups is 1. The average Bonchev–Trinajstić information content (AvgIpc) is 2.91. The Bertz CT molecular complexity index is 807. The number of fused-ring (bicyclic) bond motifs is 1. The van der Waals surface area contributed by atoms with Crippen LogP contribution in [0.25, 0.3) is 10.1 Å². The van der Waals surface area contributed by atoms with E-state index < -0.39 is 0 Å². The van der Waals surface area contributed by atoms with Gasteiger partial charge in [-0.3, -0.25) is 0 Å². The van der Waals surface area contributed by atoms with Crippen LogP contribution in [0.15, 0.2) is 47.8 Å². The second-order valence-corrected chi connectivity index (χ2v) is 5.82. The molecule has 0 amide bonds. The van der Waals surface area contributed by atoms with Gasteiger partial charge in [-0.15, -0.1) is 11.3 Å². The molecule has 1 aromatic heterocycles. The van der Waals surface area contributed by atoms with Crippen LogP contribution in [0, 0.1) is 6.92 Å². The lowest BCUT2D eigenvalue weighted by Crippen LogP contribution is -2.06. The molecule has 106 valence electrons. The minimum atomic E-state index is -0.350. The maximum Gasteiger partial charge on any atom is 0.338 e. The number of ether oxygens (including phenoxy) is 1. The lowest BCUT2D eigenvalue weighted by Gasteiger charge is -2.06. The summed E-state index contributed by atoms with van der Waals surface area (Å²) in [6.45, 7) is 2.18. The predicted octanol–water partition coefficient (Wildman–Crippen LogP) is 4.15. The fourth-order valence-electron chi connectivity index (χ4n) is 2.14. The molecule has 3 aromatic rings. The first-order valence-electron chi connectivity index (χ1n) is 6.63. The van der Waals surface area contributed by atoms with Gasteiger partial charge >= 0.3 is 5.97 Å². The summed E-state index contributed by atoms with van der Waals surface area (Å²) in [4.78, 5) is 12.1. The van der Waals surface area contributed by atoms with Crippen LogP contribution in [0.5, 0.6) is 0 Å². The van der Waals surface area contributed by atoms with Crippen LogP contribution in [0.1, 0.15) is 21.5 Å². The molecule has 0 aliphatic heterocycles. The molecule has 0 saturated carbocycles. The molecular formula is C17H15NO2S. The lowest BCUT2D eigenvalue weighted by molar-refractivity contribution is 0.0475. The molecule has 3 rings (SSSR count). The summed E-state index contributed by atoms with van der Waals surface area (Å²) in [6.07, 6.45) is 0. The maximum absolute atomic E-state index is 12.1. The van der Waals surface area contributed by atoms with E-state index in [0.29, 0.717) is 11.3 Å². The van der Waals surface area contributed by atoms with Crippen molar-refractivity contribution in [2.24, 2.45) is 0 Å². The summed E-state index contributed by atoms with van der Waals surface area (Å²) in [6, 6.07) is 13.3. The largest absolute Gasteiger partial charge is 0.457 e. The Labute approximate surface area is 127 Å². The average molecular weight is 297 g/mol. The fourth-order valence-corrected chi connectivity index (χ4v) is 3.09. The third-order valence-corrected chi connectivity index (χ3v) is 4.45. The Balaban J connectivity index is 1.75. The third-order valence-electron chi connectivity index (χ3n) is 3.43. The quantitative estimate of drug-likeness (QED) is 0.583. The molecule has 4 heteroatoms. The second-order valence-electron chi connectivity index (χ2n) is 4.90. The number of aryl methyl sites for hydroxylation is 1. The van der Waals surface area contributed by atoms with Gasteiger partial charge in [0.1, 0.15) is 6.61 Å². The normalized spacial score (nSPS) is 10.7. The molecule has 0 aliphatic carbocycles. The van der Waals surface area contributed by atoms with Gasteiger partial charge < -0.3 is 10.5 Å². The number of benzene rings is 2. The van der Waals surface area contributed by atoms with Gasteiger partial charge in [-0.05, 0) is 41.5 Å². The molecule has 21 heavy (non-hydrogen) atoms. The van der Waals surface area contributed by atoms with E-state index in [-0.39, 0.29) is 12.6 Å². The highest BCUT2D eigenvalue weighted by Gasteiger charge is 2.10. The van der Waals surface area contributed by atoms with Crippen LogP contribution < -0.4 is 5.73 Å². The number of rotatable bonds is 3. The second kappa shape index (κ2) is 5.58. The van der Waals surface area contributed by atoms with Crippen molar-refractivity contribution in [2.45, 2.75) is 13.5 Å². The molecule has 2 N–H and O–H groups in total. The molecule has 0 radical (unpaired) electrons. The maximum atomic E-state index is 12.1. The highest BCUT2D eigenvalue weighted by atomic mass is 32.1. The molecule has 0 spiro atoms. The monoisotopic (exact) mass is 297 g/mol. The highest BCUT2D eigenvalue weighted by Crippen LogP contribution is 2.26. The summed E-state index contributed by atoms with van der Waals surface area (Å²) in [5.41, 5.74) is 8.89. The number of thiophene rings is 1. The van der Waals surface area contributed by atoms with Crippen molar-refractivity contribution >= 4 is 33.1 Å². The molecule has 2 aromatic carbocycles. The lowest BCUT2D eigenvalue weighted by atomic mass is 10.1. The zero-order chi connectivity index (χ0) is 14.8. The van der Waals surface area contributed by atoms with E-state index in [2.05, 4.69) is 6.07 Å². The highest BCUT2D eigenvalue weighted by molar-refractivity contribution is 7.17. The molecule has 0 saturated heterocycles. The number of hydrogen-bond acceptors (Lipinski definition) is 4. The van der Waals surface area contributed by atoms with Gasteiger partial charge in [0.15, 0.2) is 0 Å². The van der Waals surface area contributed by atoms with E-state index in [0.717, 1.165) is 16.5 Å². The van der Waals surface area contributed by atoms with Crippen LogP contribution in [-0.2, 0) is 11.3 Å². The number of nitrogens with two attached hydrogens (primary N) is 1. The Morgan fingerprint density at radius 1 is 1.24 bits per heavy atom. The molecular weight excluding hydrogens is 282 g/mol. The first-order chi connectivity index (χ1) is 10.1. The first kappa shape index (κ1) is 13.6. The first-order valence-corrected chi connectivity index (χ1v) is 7.51. The number of esters is 1. The van der Waals surface area contributed by atoms with Gasteiger partial charge in [0.2, 0.25) is 0 Å². The van der Waals surface area contributed by atoms with E-state index in [1.165, 1.54) is 4.70 Å². The van der Waals surface area contributed by atoms with Crippen molar-refractivity contribution in [1.82, 2.24) is 0 Å². The minimum Gasteiger partial charge on any atom is -0.457 e. The van der Waals surface area contributed by atoms with E-state index in [4.69, 9.17) is 10.5 Å². The Kier molecular flexibility index (Phi) is 3.62. The Morgan fingerprint density at radius 3 is 2.86 bits per heavy atom. The molecule has 0 atom stereocenters.